The second-order valence-corrected chi connectivity index (χ2v) is 6.16. The van der Waals surface area contributed by atoms with E-state index in [2.05, 4.69) is 15.0 Å². The number of ether oxygens (including phenoxy) is 1. The molecule has 2 aromatic heterocycles. The van der Waals surface area contributed by atoms with Crippen molar-refractivity contribution in [1.29, 1.82) is 0 Å². The summed E-state index contributed by atoms with van der Waals surface area (Å²) in [6.07, 6.45) is 1.76. The molecule has 2 aromatic carbocycles. The minimum atomic E-state index is 0.615. The maximum absolute atomic E-state index is 5.81. The number of rotatable bonds is 5. The van der Waals surface area contributed by atoms with E-state index in [4.69, 9.17) is 9.15 Å². The molecular formula is C18H15N3O2S. The van der Waals surface area contributed by atoms with Gasteiger partial charge in [-0.25, -0.2) is 9.97 Å². The van der Waals surface area contributed by atoms with Gasteiger partial charge in [0.25, 0.3) is 0 Å². The second-order valence-electron chi connectivity index (χ2n) is 5.20. The summed E-state index contributed by atoms with van der Waals surface area (Å²) < 4.78 is 11.0. The minimum absolute atomic E-state index is 0.615. The maximum Gasteiger partial charge on any atom is 0.205 e. The van der Waals surface area contributed by atoms with Crippen LogP contribution in [0, 0.1) is 0 Å². The van der Waals surface area contributed by atoms with Gasteiger partial charge in [-0.2, -0.15) is 0 Å². The number of hydrogen-bond donors (Lipinski definition) is 1. The van der Waals surface area contributed by atoms with Crippen molar-refractivity contribution in [2.75, 3.05) is 7.11 Å². The standard InChI is InChI=1S/C18H15N3O2S/c1-22-13-7-8-14-15(9-13)21-18(20-14)24-11-17-19-10-16(23-17)12-5-3-2-4-6-12/h2-10H,11H2,1H3,(H,20,21). The highest BCUT2D eigenvalue weighted by Gasteiger charge is 2.09. The Bertz CT molecular complexity index is 963. The molecule has 5 nitrogen and oxygen atoms in total. The zero-order chi connectivity index (χ0) is 16.4. The van der Waals surface area contributed by atoms with Crippen LogP contribution in [0.1, 0.15) is 5.89 Å². The van der Waals surface area contributed by atoms with E-state index in [0.717, 1.165) is 33.3 Å². The average molecular weight is 337 g/mol. The summed E-state index contributed by atoms with van der Waals surface area (Å²) in [5.41, 5.74) is 2.89. The van der Waals surface area contributed by atoms with E-state index in [0.29, 0.717) is 11.6 Å². The van der Waals surface area contributed by atoms with Crippen LogP contribution < -0.4 is 4.74 Å². The molecule has 6 heteroatoms. The lowest BCUT2D eigenvalue weighted by molar-refractivity contribution is 0.415. The van der Waals surface area contributed by atoms with Crippen LogP contribution in [0.15, 0.2) is 64.3 Å². The zero-order valence-electron chi connectivity index (χ0n) is 13.0. The molecule has 4 rings (SSSR count). The molecule has 0 saturated heterocycles. The molecule has 2 heterocycles. The summed E-state index contributed by atoms with van der Waals surface area (Å²) >= 11 is 1.56. The molecule has 0 spiro atoms. The van der Waals surface area contributed by atoms with Crippen molar-refractivity contribution in [2.24, 2.45) is 0 Å². The molecule has 0 atom stereocenters. The first kappa shape index (κ1) is 14.8. The summed E-state index contributed by atoms with van der Waals surface area (Å²) in [5.74, 6) is 2.88. The van der Waals surface area contributed by atoms with Gasteiger partial charge in [0.15, 0.2) is 10.9 Å². The van der Waals surface area contributed by atoms with Crippen LogP contribution in [-0.2, 0) is 5.75 Å². The first-order valence-corrected chi connectivity index (χ1v) is 8.47. The van der Waals surface area contributed by atoms with E-state index in [1.807, 2.05) is 48.5 Å². The second kappa shape index (κ2) is 6.41. The molecule has 0 saturated carbocycles. The van der Waals surface area contributed by atoms with Crippen LogP contribution in [0.5, 0.6) is 5.75 Å². The number of nitrogens with zero attached hydrogens (tertiary/aromatic N) is 2. The highest BCUT2D eigenvalue weighted by Crippen LogP contribution is 2.27. The van der Waals surface area contributed by atoms with Crippen LogP contribution in [-0.4, -0.2) is 22.1 Å². The number of hydrogen-bond acceptors (Lipinski definition) is 5. The Morgan fingerprint density at radius 1 is 1.17 bits per heavy atom. The van der Waals surface area contributed by atoms with Crippen molar-refractivity contribution in [3.05, 3.63) is 60.6 Å². The monoisotopic (exact) mass is 337 g/mol. The fraction of sp³-hybridized carbons (Fsp3) is 0.111. The Morgan fingerprint density at radius 3 is 2.88 bits per heavy atom. The molecule has 0 aliphatic rings. The minimum Gasteiger partial charge on any atom is -0.497 e. The number of nitrogens with one attached hydrogen (secondary N) is 1. The highest BCUT2D eigenvalue weighted by atomic mass is 32.2. The topological polar surface area (TPSA) is 63.9 Å². The number of aromatic nitrogens is 3. The highest BCUT2D eigenvalue weighted by molar-refractivity contribution is 7.98. The van der Waals surface area contributed by atoms with Gasteiger partial charge in [-0.15, -0.1) is 0 Å². The summed E-state index contributed by atoms with van der Waals surface area (Å²) in [7, 11) is 1.65. The van der Waals surface area contributed by atoms with Crippen LogP contribution in [0.4, 0.5) is 0 Å². The summed E-state index contributed by atoms with van der Waals surface area (Å²) in [5, 5.41) is 0.831. The molecule has 0 fully saturated rings. The smallest absolute Gasteiger partial charge is 0.205 e. The Balaban J connectivity index is 1.48. The number of oxazole rings is 1. The number of methoxy groups -OCH3 is 1. The lowest BCUT2D eigenvalue weighted by Crippen LogP contribution is -1.81. The van der Waals surface area contributed by atoms with Crippen LogP contribution in [0.25, 0.3) is 22.4 Å². The van der Waals surface area contributed by atoms with Gasteiger partial charge < -0.3 is 14.1 Å². The van der Waals surface area contributed by atoms with E-state index in [9.17, 15) is 0 Å². The van der Waals surface area contributed by atoms with E-state index in [-0.39, 0.29) is 0 Å². The van der Waals surface area contributed by atoms with Crippen molar-refractivity contribution < 1.29 is 9.15 Å². The first-order valence-electron chi connectivity index (χ1n) is 7.48. The number of H-pyrrole nitrogens is 1. The largest absolute Gasteiger partial charge is 0.497 e. The Kier molecular flexibility index (Phi) is 3.96. The van der Waals surface area contributed by atoms with Crippen molar-refractivity contribution in [3.8, 4) is 17.1 Å². The lowest BCUT2D eigenvalue weighted by atomic mass is 10.2. The van der Waals surface area contributed by atoms with Gasteiger partial charge in [0.05, 0.1) is 30.1 Å². The van der Waals surface area contributed by atoms with Gasteiger partial charge in [0.2, 0.25) is 5.89 Å². The van der Waals surface area contributed by atoms with Crippen LogP contribution in [0.2, 0.25) is 0 Å². The van der Waals surface area contributed by atoms with Crippen LogP contribution in [0.3, 0.4) is 0 Å². The van der Waals surface area contributed by atoms with Gasteiger partial charge >= 0.3 is 0 Å². The fourth-order valence-electron chi connectivity index (χ4n) is 2.40. The number of aromatic amines is 1. The third-order valence-corrected chi connectivity index (χ3v) is 4.47. The molecule has 0 unspecified atom stereocenters. The maximum atomic E-state index is 5.81. The molecule has 0 amide bonds. The molecule has 0 aliphatic heterocycles. The van der Waals surface area contributed by atoms with Crippen LogP contribution >= 0.6 is 11.8 Å². The van der Waals surface area contributed by atoms with Gasteiger partial charge in [-0.05, 0) is 12.1 Å². The molecule has 4 aromatic rings. The number of fused-ring (bicyclic) bond motifs is 1. The van der Waals surface area contributed by atoms with E-state index in [1.54, 1.807) is 25.1 Å². The quantitative estimate of drug-likeness (QED) is 0.543. The molecule has 0 aliphatic carbocycles. The number of imidazole rings is 1. The number of benzene rings is 2. The van der Waals surface area contributed by atoms with Crippen molar-refractivity contribution >= 4 is 22.8 Å². The number of thioether (sulfide) groups is 1. The van der Waals surface area contributed by atoms with Gasteiger partial charge in [-0.3, -0.25) is 0 Å². The van der Waals surface area contributed by atoms with E-state index < -0.39 is 0 Å². The van der Waals surface area contributed by atoms with Crippen molar-refractivity contribution in [2.45, 2.75) is 10.9 Å². The molecule has 1 N–H and O–H groups in total. The molecular weight excluding hydrogens is 322 g/mol. The Morgan fingerprint density at radius 2 is 2.04 bits per heavy atom. The molecule has 24 heavy (non-hydrogen) atoms. The predicted octanol–water partition coefficient (Wildman–Crippen LogP) is 4.52. The molecule has 0 radical (unpaired) electrons. The third-order valence-electron chi connectivity index (χ3n) is 3.61. The van der Waals surface area contributed by atoms with Gasteiger partial charge in [0, 0.05) is 11.6 Å². The Hall–Kier alpha value is -2.73. The SMILES string of the molecule is COc1ccc2nc(SCc3ncc(-c4ccccc4)o3)[nH]c2c1. The van der Waals surface area contributed by atoms with Gasteiger partial charge in [-0.1, -0.05) is 42.1 Å². The average Bonchev–Trinajstić information content (AvgIpc) is 3.26. The first-order chi connectivity index (χ1) is 11.8. The lowest BCUT2D eigenvalue weighted by Gasteiger charge is -1.96. The predicted molar refractivity (Wildman–Crippen MR) is 94.1 cm³/mol. The summed E-state index contributed by atoms with van der Waals surface area (Å²) in [4.78, 5) is 12.2. The Labute approximate surface area is 143 Å². The third kappa shape index (κ3) is 3.00. The summed E-state index contributed by atoms with van der Waals surface area (Å²) in [6.45, 7) is 0. The molecule has 0 bridgehead atoms. The van der Waals surface area contributed by atoms with Gasteiger partial charge in [0.1, 0.15) is 5.75 Å². The molecule has 120 valence electrons. The normalized spacial score (nSPS) is 11.0. The van der Waals surface area contributed by atoms with E-state index in [1.165, 1.54) is 0 Å². The van der Waals surface area contributed by atoms with E-state index >= 15 is 0 Å². The van der Waals surface area contributed by atoms with Crippen molar-refractivity contribution in [1.82, 2.24) is 15.0 Å². The summed E-state index contributed by atoms with van der Waals surface area (Å²) in [6, 6.07) is 15.7. The zero-order valence-corrected chi connectivity index (χ0v) is 13.8. The van der Waals surface area contributed by atoms with Crippen molar-refractivity contribution in [3.63, 3.8) is 0 Å². The fourth-order valence-corrected chi connectivity index (χ4v) is 3.14.